The highest BCUT2D eigenvalue weighted by molar-refractivity contribution is 9.10. The first kappa shape index (κ1) is 12.5. The van der Waals surface area contributed by atoms with Crippen LogP contribution in [0.5, 0.6) is 0 Å². The summed E-state index contributed by atoms with van der Waals surface area (Å²) < 4.78 is 2.07. The van der Waals surface area contributed by atoms with Gasteiger partial charge in [-0.2, -0.15) is 5.10 Å². The minimum atomic E-state index is -0.0902. The van der Waals surface area contributed by atoms with E-state index in [2.05, 4.69) is 31.0 Å². The van der Waals surface area contributed by atoms with Gasteiger partial charge in [0.1, 0.15) is 12.0 Å². The molecule has 0 aromatic carbocycles. The Morgan fingerprint density at radius 1 is 1.56 bits per heavy atom. The fourth-order valence-electron chi connectivity index (χ4n) is 1.37. The van der Waals surface area contributed by atoms with Crippen LogP contribution in [0, 0.1) is 0 Å². The molecule has 0 bridgehead atoms. The SMILES string of the molecule is CC(=O)N(C)c1cn(-c2cncnc2N)nc1Br. The topological polar surface area (TPSA) is 89.9 Å². The maximum Gasteiger partial charge on any atom is 0.223 e. The molecule has 7 nitrogen and oxygen atoms in total. The highest BCUT2D eigenvalue weighted by atomic mass is 79.9. The summed E-state index contributed by atoms with van der Waals surface area (Å²) in [6.45, 7) is 1.48. The fourth-order valence-corrected chi connectivity index (χ4v) is 1.91. The van der Waals surface area contributed by atoms with Crippen LogP contribution >= 0.6 is 15.9 Å². The second-order valence-corrected chi connectivity index (χ2v) is 4.37. The molecule has 1 amide bonds. The van der Waals surface area contributed by atoms with Gasteiger partial charge < -0.3 is 10.6 Å². The minimum Gasteiger partial charge on any atom is -0.382 e. The van der Waals surface area contributed by atoms with Crippen molar-refractivity contribution in [3.8, 4) is 5.69 Å². The molecule has 0 radical (unpaired) electrons. The first-order valence-corrected chi connectivity index (χ1v) is 5.85. The lowest BCUT2D eigenvalue weighted by atomic mass is 10.4. The van der Waals surface area contributed by atoms with Crippen molar-refractivity contribution in [3.63, 3.8) is 0 Å². The Hall–Kier alpha value is -1.96. The van der Waals surface area contributed by atoms with Crippen LogP contribution in [0.25, 0.3) is 5.69 Å². The Labute approximate surface area is 112 Å². The van der Waals surface area contributed by atoms with Crippen LogP contribution in [0.15, 0.2) is 23.3 Å². The number of amides is 1. The zero-order valence-corrected chi connectivity index (χ0v) is 11.4. The van der Waals surface area contributed by atoms with Crippen molar-refractivity contribution in [2.24, 2.45) is 0 Å². The summed E-state index contributed by atoms with van der Waals surface area (Å²) in [6.07, 6.45) is 4.60. The normalized spacial score (nSPS) is 10.4. The highest BCUT2D eigenvalue weighted by Gasteiger charge is 2.15. The van der Waals surface area contributed by atoms with E-state index in [1.54, 1.807) is 19.4 Å². The van der Waals surface area contributed by atoms with Crippen LogP contribution in [0.1, 0.15) is 6.92 Å². The fraction of sp³-hybridized carbons (Fsp3) is 0.200. The summed E-state index contributed by atoms with van der Waals surface area (Å²) in [6, 6.07) is 0. The predicted octanol–water partition coefficient (Wildman–Crippen LogP) is 0.990. The van der Waals surface area contributed by atoms with Crippen molar-refractivity contribution in [2.45, 2.75) is 6.92 Å². The molecule has 0 unspecified atom stereocenters. The van der Waals surface area contributed by atoms with E-state index in [1.807, 2.05) is 0 Å². The number of nitrogens with two attached hydrogens (primary N) is 1. The van der Waals surface area contributed by atoms with Crippen molar-refractivity contribution in [1.82, 2.24) is 19.7 Å². The van der Waals surface area contributed by atoms with Gasteiger partial charge in [0.2, 0.25) is 5.91 Å². The number of hydrogen-bond donors (Lipinski definition) is 1. The van der Waals surface area contributed by atoms with Gasteiger partial charge in [-0.3, -0.25) is 4.79 Å². The largest absolute Gasteiger partial charge is 0.382 e. The molecule has 2 N–H and O–H groups in total. The van der Waals surface area contributed by atoms with Crippen LogP contribution in [0.4, 0.5) is 11.5 Å². The molecule has 0 saturated carbocycles. The van der Waals surface area contributed by atoms with Gasteiger partial charge in [0.05, 0.1) is 18.1 Å². The van der Waals surface area contributed by atoms with Crippen LogP contribution in [-0.2, 0) is 4.79 Å². The molecular weight excluding hydrogens is 300 g/mol. The molecule has 0 atom stereocenters. The lowest BCUT2D eigenvalue weighted by Crippen LogP contribution is -2.22. The summed E-state index contributed by atoms with van der Waals surface area (Å²) >= 11 is 3.30. The van der Waals surface area contributed by atoms with E-state index in [1.165, 1.54) is 22.8 Å². The number of rotatable bonds is 2. The van der Waals surface area contributed by atoms with Gasteiger partial charge in [-0.15, -0.1) is 0 Å². The second-order valence-electron chi connectivity index (χ2n) is 3.62. The first-order chi connectivity index (χ1) is 8.50. The Morgan fingerprint density at radius 2 is 2.28 bits per heavy atom. The van der Waals surface area contributed by atoms with Crippen molar-refractivity contribution in [2.75, 3.05) is 17.7 Å². The van der Waals surface area contributed by atoms with E-state index < -0.39 is 0 Å². The van der Waals surface area contributed by atoms with E-state index in [4.69, 9.17) is 5.73 Å². The number of anilines is 2. The van der Waals surface area contributed by atoms with Gasteiger partial charge in [0.15, 0.2) is 10.4 Å². The Bertz CT molecular complexity index is 596. The lowest BCUT2D eigenvalue weighted by Gasteiger charge is -2.11. The molecule has 18 heavy (non-hydrogen) atoms. The van der Waals surface area contributed by atoms with E-state index in [0.29, 0.717) is 21.8 Å². The monoisotopic (exact) mass is 310 g/mol. The maximum absolute atomic E-state index is 11.3. The zero-order chi connectivity index (χ0) is 13.3. The van der Waals surface area contributed by atoms with Crippen LogP contribution < -0.4 is 10.6 Å². The Morgan fingerprint density at radius 3 is 2.89 bits per heavy atom. The molecule has 0 fully saturated rings. The maximum atomic E-state index is 11.3. The molecule has 0 aliphatic carbocycles. The van der Waals surface area contributed by atoms with Gasteiger partial charge >= 0.3 is 0 Å². The standard InChI is InChI=1S/C10H11BrN6O/c1-6(18)16(2)8-4-17(15-9(8)11)7-3-13-5-14-10(7)12/h3-5H,1-2H3,(H2,12,13,14). The van der Waals surface area contributed by atoms with Crippen LogP contribution in [-0.4, -0.2) is 32.7 Å². The van der Waals surface area contributed by atoms with E-state index in [9.17, 15) is 4.79 Å². The molecule has 2 aromatic rings. The smallest absolute Gasteiger partial charge is 0.223 e. The summed E-state index contributed by atoms with van der Waals surface area (Å²) in [5.74, 6) is 0.226. The summed E-state index contributed by atoms with van der Waals surface area (Å²) in [7, 11) is 1.67. The third-order valence-electron chi connectivity index (χ3n) is 2.45. The van der Waals surface area contributed by atoms with E-state index in [-0.39, 0.29) is 5.91 Å². The molecular formula is C10H11BrN6O. The molecule has 2 heterocycles. The van der Waals surface area contributed by atoms with Crippen LogP contribution in [0.2, 0.25) is 0 Å². The van der Waals surface area contributed by atoms with Gasteiger partial charge in [-0.05, 0) is 15.9 Å². The van der Waals surface area contributed by atoms with Crippen molar-refractivity contribution in [1.29, 1.82) is 0 Å². The quantitative estimate of drug-likeness (QED) is 0.893. The Kier molecular flexibility index (Phi) is 3.28. The van der Waals surface area contributed by atoms with E-state index in [0.717, 1.165) is 0 Å². The average Bonchev–Trinajstić information content (AvgIpc) is 2.70. The zero-order valence-electron chi connectivity index (χ0n) is 9.83. The summed E-state index contributed by atoms with van der Waals surface area (Å²) in [4.78, 5) is 20.6. The summed E-state index contributed by atoms with van der Waals surface area (Å²) in [5, 5.41) is 4.22. The summed E-state index contributed by atoms with van der Waals surface area (Å²) in [5.41, 5.74) is 6.94. The number of nitrogens with zero attached hydrogens (tertiary/aromatic N) is 5. The predicted molar refractivity (Wildman–Crippen MR) is 70.4 cm³/mol. The van der Waals surface area contributed by atoms with Crippen molar-refractivity contribution < 1.29 is 4.79 Å². The molecule has 0 aliphatic rings. The van der Waals surface area contributed by atoms with Crippen LogP contribution in [0.3, 0.4) is 0 Å². The molecule has 0 saturated heterocycles. The minimum absolute atomic E-state index is 0.0902. The number of aromatic nitrogens is 4. The number of nitrogen functional groups attached to an aromatic ring is 1. The van der Waals surface area contributed by atoms with Gasteiger partial charge in [0, 0.05) is 14.0 Å². The molecule has 2 rings (SSSR count). The molecule has 94 valence electrons. The number of hydrogen-bond acceptors (Lipinski definition) is 5. The molecule has 8 heteroatoms. The third kappa shape index (κ3) is 2.19. The van der Waals surface area contributed by atoms with Gasteiger partial charge in [-0.1, -0.05) is 0 Å². The number of carbonyl (C=O) groups is 1. The second kappa shape index (κ2) is 4.73. The van der Waals surface area contributed by atoms with E-state index >= 15 is 0 Å². The number of carbonyl (C=O) groups excluding carboxylic acids is 1. The third-order valence-corrected chi connectivity index (χ3v) is 3.02. The van der Waals surface area contributed by atoms with Crippen molar-refractivity contribution in [3.05, 3.63) is 23.3 Å². The number of halogens is 1. The van der Waals surface area contributed by atoms with Gasteiger partial charge in [-0.25, -0.2) is 14.6 Å². The molecule has 0 spiro atoms. The highest BCUT2D eigenvalue weighted by Crippen LogP contribution is 2.26. The molecule has 0 aliphatic heterocycles. The van der Waals surface area contributed by atoms with Crippen molar-refractivity contribution >= 4 is 33.3 Å². The van der Waals surface area contributed by atoms with Gasteiger partial charge in [0.25, 0.3) is 0 Å². The lowest BCUT2D eigenvalue weighted by molar-refractivity contribution is -0.116. The molecule has 2 aromatic heterocycles. The average molecular weight is 311 g/mol. The Balaban J connectivity index is 2.47. The first-order valence-electron chi connectivity index (χ1n) is 5.06.